The molecule has 1 amide bonds. The SMILES string of the molecule is CC(C)C(=O)NCc1nc(-c2ccc(Cl)cc2)no1. The highest BCUT2D eigenvalue weighted by atomic mass is 35.5. The maximum absolute atomic E-state index is 11.4. The number of aromatic nitrogens is 2. The number of nitrogens with one attached hydrogen (secondary N) is 1. The number of carbonyl (C=O) groups is 1. The van der Waals surface area contributed by atoms with Gasteiger partial charge in [-0.05, 0) is 24.3 Å². The maximum atomic E-state index is 11.4. The monoisotopic (exact) mass is 279 g/mol. The summed E-state index contributed by atoms with van der Waals surface area (Å²) in [5.41, 5.74) is 0.814. The van der Waals surface area contributed by atoms with Crippen LogP contribution in [0.1, 0.15) is 19.7 Å². The van der Waals surface area contributed by atoms with Gasteiger partial charge in [-0.25, -0.2) is 0 Å². The highest BCUT2D eigenvalue weighted by Crippen LogP contribution is 2.18. The van der Waals surface area contributed by atoms with E-state index in [1.807, 2.05) is 26.0 Å². The fourth-order valence-electron chi connectivity index (χ4n) is 1.41. The first-order valence-corrected chi connectivity index (χ1v) is 6.30. The van der Waals surface area contributed by atoms with Crippen molar-refractivity contribution in [1.82, 2.24) is 15.5 Å². The zero-order valence-electron chi connectivity index (χ0n) is 10.7. The predicted octanol–water partition coefficient (Wildman–Crippen LogP) is 2.66. The Labute approximate surface area is 116 Å². The molecule has 1 aromatic heterocycles. The lowest BCUT2D eigenvalue weighted by atomic mass is 10.2. The quantitative estimate of drug-likeness (QED) is 0.934. The third-order valence-corrected chi connectivity index (χ3v) is 2.76. The van der Waals surface area contributed by atoms with E-state index in [2.05, 4.69) is 15.5 Å². The normalized spacial score (nSPS) is 10.7. The molecule has 2 aromatic rings. The van der Waals surface area contributed by atoms with Gasteiger partial charge in [0, 0.05) is 16.5 Å². The van der Waals surface area contributed by atoms with Gasteiger partial charge in [0.2, 0.25) is 17.6 Å². The van der Waals surface area contributed by atoms with E-state index in [-0.39, 0.29) is 18.4 Å². The van der Waals surface area contributed by atoms with Crippen molar-refractivity contribution in [1.29, 1.82) is 0 Å². The number of benzene rings is 1. The summed E-state index contributed by atoms with van der Waals surface area (Å²) in [5.74, 6) is 0.731. The Morgan fingerprint density at radius 3 is 2.68 bits per heavy atom. The fourth-order valence-corrected chi connectivity index (χ4v) is 1.54. The van der Waals surface area contributed by atoms with Crippen molar-refractivity contribution in [3.05, 3.63) is 35.2 Å². The summed E-state index contributed by atoms with van der Waals surface area (Å²) in [5, 5.41) is 7.22. The molecule has 0 aliphatic heterocycles. The Balaban J connectivity index is 2.03. The average molecular weight is 280 g/mol. The Hall–Kier alpha value is -1.88. The molecule has 19 heavy (non-hydrogen) atoms. The lowest BCUT2D eigenvalue weighted by Crippen LogP contribution is -2.27. The summed E-state index contributed by atoms with van der Waals surface area (Å²) < 4.78 is 5.07. The van der Waals surface area contributed by atoms with Crippen molar-refractivity contribution in [3.8, 4) is 11.4 Å². The van der Waals surface area contributed by atoms with E-state index >= 15 is 0 Å². The molecule has 1 heterocycles. The van der Waals surface area contributed by atoms with Crippen molar-refractivity contribution >= 4 is 17.5 Å². The summed E-state index contributed by atoms with van der Waals surface area (Å²) in [6, 6.07) is 7.13. The van der Waals surface area contributed by atoms with Crippen molar-refractivity contribution in [2.24, 2.45) is 5.92 Å². The Morgan fingerprint density at radius 2 is 2.05 bits per heavy atom. The van der Waals surface area contributed by atoms with Crippen LogP contribution in [-0.2, 0) is 11.3 Å². The van der Waals surface area contributed by atoms with Crippen molar-refractivity contribution in [2.75, 3.05) is 0 Å². The van der Waals surface area contributed by atoms with Gasteiger partial charge in [0.25, 0.3) is 0 Å². The topological polar surface area (TPSA) is 68.0 Å². The Kier molecular flexibility index (Phi) is 4.16. The zero-order chi connectivity index (χ0) is 13.8. The molecule has 0 radical (unpaired) electrons. The molecule has 1 N–H and O–H groups in total. The smallest absolute Gasteiger partial charge is 0.246 e. The molecular weight excluding hydrogens is 266 g/mol. The maximum Gasteiger partial charge on any atom is 0.246 e. The van der Waals surface area contributed by atoms with E-state index in [0.29, 0.717) is 16.7 Å². The van der Waals surface area contributed by atoms with E-state index in [1.54, 1.807) is 12.1 Å². The molecule has 0 aliphatic carbocycles. The van der Waals surface area contributed by atoms with Crippen molar-refractivity contribution < 1.29 is 9.32 Å². The van der Waals surface area contributed by atoms with Gasteiger partial charge in [0.05, 0.1) is 6.54 Å². The summed E-state index contributed by atoms with van der Waals surface area (Å²) in [6.07, 6.45) is 0. The molecule has 100 valence electrons. The van der Waals surface area contributed by atoms with Crippen LogP contribution in [0.3, 0.4) is 0 Å². The number of hydrogen-bond acceptors (Lipinski definition) is 4. The number of halogens is 1. The van der Waals surface area contributed by atoms with Crippen LogP contribution in [0.2, 0.25) is 5.02 Å². The summed E-state index contributed by atoms with van der Waals surface area (Å²) in [6.45, 7) is 3.88. The standard InChI is InChI=1S/C13H14ClN3O2/c1-8(2)13(18)15-7-11-16-12(17-19-11)9-3-5-10(14)6-4-9/h3-6,8H,7H2,1-2H3,(H,15,18). The number of carbonyl (C=O) groups excluding carboxylic acids is 1. The number of hydrogen-bond donors (Lipinski definition) is 1. The minimum absolute atomic E-state index is 0.0498. The molecule has 0 fully saturated rings. The van der Waals surface area contributed by atoms with Crippen molar-refractivity contribution in [2.45, 2.75) is 20.4 Å². The minimum Gasteiger partial charge on any atom is -0.347 e. The van der Waals surface area contributed by atoms with E-state index in [0.717, 1.165) is 5.56 Å². The molecular formula is C13H14ClN3O2. The lowest BCUT2D eigenvalue weighted by Gasteiger charge is -2.03. The van der Waals surface area contributed by atoms with Gasteiger partial charge in [0.15, 0.2) is 0 Å². The molecule has 0 spiro atoms. The fraction of sp³-hybridized carbons (Fsp3) is 0.308. The highest BCUT2D eigenvalue weighted by molar-refractivity contribution is 6.30. The van der Waals surface area contributed by atoms with Gasteiger partial charge < -0.3 is 9.84 Å². The molecule has 0 atom stereocenters. The van der Waals surface area contributed by atoms with Crippen LogP contribution in [-0.4, -0.2) is 16.0 Å². The largest absolute Gasteiger partial charge is 0.347 e. The zero-order valence-corrected chi connectivity index (χ0v) is 11.4. The third kappa shape index (κ3) is 3.54. The summed E-state index contributed by atoms with van der Waals surface area (Å²) in [7, 11) is 0. The predicted molar refractivity (Wildman–Crippen MR) is 71.4 cm³/mol. The Bertz CT molecular complexity index is 564. The van der Waals surface area contributed by atoms with Gasteiger partial charge in [-0.2, -0.15) is 4.98 Å². The van der Waals surface area contributed by atoms with Crippen LogP contribution < -0.4 is 5.32 Å². The molecule has 0 saturated heterocycles. The number of rotatable bonds is 4. The van der Waals surface area contributed by atoms with Crippen LogP contribution in [0.4, 0.5) is 0 Å². The van der Waals surface area contributed by atoms with Gasteiger partial charge in [-0.15, -0.1) is 0 Å². The van der Waals surface area contributed by atoms with Gasteiger partial charge in [-0.3, -0.25) is 4.79 Å². The summed E-state index contributed by atoms with van der Waals surface area (Å²) >= 11 is 5.81. The van der Waals surface area contributed by atoms with Crippen LogP contribution in [0.15, 0.2) is 28.8 Å². The van der Waals surface area contributed by atoms with Crippen molar-refractivity contribution in [3.63, 3.8) is 0 Å². The molecule has 0 bridgehead atoms. The third-order valence-electron chi connectivity index (χ3n) is 2.51. The first-order chi connectivity index (χ1) is 9.06. The van der Waals surface area contributed by atoms with Crippen LogP contribution >= 0.6 is 11.6 Å². The first kappa shape index (κ1) is 13.5. The first-order valence-electron chi connectivity index (χ1n) is 5.92. The van der Waals surface area contributed by atoms with Crippen LogP contribution in [0.25, 0.3) is 11.4 Å². The molecule has 0 unspecified atom stereocenters. The second-order valence-electron chi connectivity index (χ2n) is 4.39. The van der Waals surface area contributed by atoms with E-state index in [1.165, 1.54) is 0 Å². The Morgan fingerprint density at radius 1 is 1.37 bits per heavy atom. The van der Waals surface area contributed by atoms with Gasteiger partial charge in [-0.1, -0.05) is 30.6 Å². The molecule has 6 heteroatoms. The lowest BCUT2D eigenvalue weighted by molar-refractivity contribution is -0.124. The minimum atomic E-state index is -0.0707. The van der Waals surface area contributed by atoms with Gasteiger partial charge in [0.1, 0.15) is 0 Å². The molecule has 2 rings (SSSR count). The molecule has 5 nitrogen and oxygen atoms in total. The van der Waals surface area contributed by atoms with Gasteiger partial charge >= 0.3 is 0 Å². The molecule has 0 aliphatic rings. The number of amides is 1. The molecule has 0 saturated carbocycles. The van der Waals surface area contributed by atoms with Crippen LogP contribution in [0, 0.1) is 5.92 Å². The molecule has 1 aromatic carbocycles. The summed E-state index contributed by atoms with van der Waals surface area (Å²) in [4.78, 5) is 15.6. The van der Waals surface area contributed by atoms with E-state index < -0.39 is 0 Å². The second-order valence-corrected chi connectivity index (χ2v) is 4.83. The van der Waals surface area contributed by atoms with Crippen LogP contribution in [0.5, 0.6) is 0 Å². The average Bonchev–Trinajstić information content (AvgIpc) is 2.85. The van der Waals surface area contributed by atoms with E-state index in [9.17, 15) is 4.79 Å². The van der Waals surface area contributed by atoms with E-state index in [4.69, 9.17) is 16.1 Å². The number of nitrogens with zero attached hydrogens (tertiary/aromatic N) is 2. The highest BCUT2D eigenvalue weighted by Gasteiger charge is 2.11. The second kappa shape index (κ2) is 5.84.